The van der Waals surface area contributed by atoms with Crippen LogP contribution < -0.4 is 4.72 Å². The van der Waals surface area contributed by atoms with Crippen molar-refractivity contribution in [3.05, 3.63) is 47.8 Å². The number of hydrogen-bond donors (Lipinski definition) is 2. The minimum atomic E-state index is -3.65. The Labute approximate surface area is 118 Å². The average Bonchev–Trinajstić information content (AvgIpc) is 2.84. The van der Waals surface area contributed by atoms with Crippen molar-refractivity contribution in [1.82, 2.24) is 14.5 Å². The van der Waals surface area contributed by atoms with Crippen LogP contribution in [0.1, 0.15) is 17.2 Å². The summed E-state index contributed by atoms with van der Waals surface area (Å²) >= 11 is 0. The maximum Gasteiger partial charge on any atom is 0.243 e. The zero-order valence-corrected chi connectivity index (χ0v) is 12.1. The van der Waals surface area contributed by atoms with Crippen LogP contribution >= 0.6 is 0 Å². The first-order valence-electron chi connectivity index (χ1n) is 6.12. The molecule has 0 aliphatic heterocycles. The summed E-state index contributed by atoms with van der Waals surface area (Å²) in [4.78, 5) is 0.0805. The molecule has 7 heteroatoms. The smallest absolute Gasteiger partial charge is 0.243 e. The van der Waals surface area contributed by atoms with Gasteiger partial charge in [0, 0.05) is 19.8 Å². The number of aromatic nitrogens is 2. The minimum Gasteiger partial charge on any atom is -0.387 e. The first-order chi connectivity index (χ1) is 9.40. The normalized spacial score (nSPS) is 13.3. The van der Waals surface area contributed by atoms with Gasteiger partial charge in [0.25, 0.3) is 0 Å². The predicted molar refractivity (Wildman–Crippen MR) is 74.5 cm³/mol. The summed E-state index contributed by atoms with van der Waals surface area (Å²) in [6, 6.07) is 7.32. The molecule has 0 amide bonds. The third-order valence-electron chi connectivity index (χ3n) is 3.01. The number of rotatable bonds is 5. The van der Waals surface area contributed by atoms with Crippen LogP contribution in [-0.4, -0.2) is 29.8 Å². The van der Waals surface area contributed by atoms with Crippen molar-refractivity contribution in [3.8, 4) is 0 Å². The fourth-order valence-electron chi connectivity index (χ4n) is 1.88. The molecule has 2 rings (SSSR count). The van der Waals surface area contributed by atoms with Crippen molar-refractivity contribution >= 4 is 10.0 Å². The van der Waals surface area contributed by atoms with Crippen molar-refractivity contribution < 1.29 is 13.5 Å². The molecule has 108 valence electrons. The Bertz CT molecular complexity index is 694. The number of aryl methyl sites for hydroxylation is 2. The highest BCUT2D eigenvalue weighted by Gasteiger charge is 2.18. The molecule has 0 aliphatic carbocycles. The molecule has 1 aromatic carbocycles. The lowest BCUT2D eigenvalue weighted by Gasteiger charge is -2.14. The predicted octanol–water partition coefficient (Wildman–Crippen LogP) is 0.740. The number of sulfonamides is 1. The molecule has 0 saturated heterocycles. The molecule has 0 saturated carbocycles. The molecule has 0 fully saturated rings. The van der Waals surface area contributed by atoms with Crippen molar-refractivity contribution in [2.24, 2.45) is 7.05 Å². The Balaban J connectivity index is 2.07. The second-order valence-corrected chi connectivity index (χ2v) is 6.34. The van der Waals surface area contributed by atoms with Crippen molar-refractivity contribution in [1.29, 1.82) is 0 Å². The van der Waals surface area contributed by atoms with E-state index in [1.54, 1.807) is 19.2 Å². The van der Waals surface area contributed by atoms with Gasteiger partial charge in [0.2, 0.25) is 10.0 Å². The first-order valence-corrected chi connectivity index (χ1v) is 7.60. The molecule has 6 nitrogen and oxygen atoms in total. The van der Waals surface area contributed by atoms with E-state index in [-0.39, 0.29) is 11.4 Å². The Morgan fingerprint density at radius 3 is 2.70 bits per heavy atom. The Kier molecular flexibility index (Phi) is 4.22. The number of nitrogens with one attached hydrogen (secondary N) is 1. The summed E-state index contributed by atoms with van der Waals surface area (Å²) in [7, 11) is -2.01. The van der Waals surface area contributed by atoms with Crippen molar-refractivity contribution in [3.63, 3.8) is 0 Å². The number of hydrogen-bond acceptors (Lipinski definition) is 4. The molecule has 1 aromatic heterocycles. The van der Waals surface area contributed by atoms with E-state index in [0.717, 1.165) is 5.56 Å². The highest BCUT2D eigenvalue weighted by Crippen LogP contribution is 2.17. The van der Waals surface area contributed by atoms with Crippen molar-refractivity contribution in [2.45, 2.75) is 17.9 Å². The average molecular weight is 295 g/mol. The van der Waals surface area contributed by atoms with Gasteiger partial charge in [-0.15, -0.1) is 0 Å². The lowest BCUT2D eigenvalue weighted by Crippen LogP contribution is -2.28. The van der Waals surface area contributed by atoms with E-state index in [9.17, 15) is 13.5 Å². The zero-order valence-electron chi connectivity index (χ0n) is 11.3. The molecule has 0 aliphatic rings. The number of benzene rings is 1. The fourth-order valence-corrected chi connectivity index (χ4v) is 2.90. The van der Waals surface area contributed by atoms with Crippen LogP contribution in [0.3, 0.4) is 0 Å². The minimum absolute atomic E-state index is 0.0805. The number of aliphatic hydroxyl groups is 1. The molecule has 2 N–H and O–H groups in total. The molecular weight excluding hydrogens is 278 g/mol. The SMILES string of the molecule is Cc1ccccc1C(O)CNS(=O)(=O)c1cnn(C)c1. The first kappa shape index (κ1) is 14.7. The van der Waals surface area contributed by atoms with Gasteiger partial charge < -0.3 is 5.11 Å². The Morgan fingerprint density at radius 2 is 2.10 bits per heavy atom. The molecule has 1 atom stereocenters. The van der Waals surface area contributed by atoms with Gasteiger partial charge in [-0.3, -0.25) is 4.68 Å². The third kappa shape index (κ3) is 3.24. The molecule has 0 radical (unpaired) electrons. The van der Waals surface area contributed by atoms with Crippen molar-refractivity contribution in [2.75, 3.05) is 6.54 Å². The van der Waals surface area contributed by atoms with Crippen LogP contribution in [0.15, 0.2) is 41.6 Å². The lowest BCUT2D eigenvalue weighted by molar-refractivity contribution is 0.181. The van der Waals surface area contributed by atoms with Crippen LogP contribution in [0.5, 0.6) is 0 Å². The van der Waals surface area contributed by atoms with E-state index in [1.807, 2.05) is 19.1 Å². The topological polar surface area (TPSA) is 84.2 Å². The maximum absolute atomic E-state index is 12.0. The summed E-state index contributed by atoms with van der Waals surface area (Å²) in [6.45, 7) is 1.79. The van der Waals surface area contributed by atoms with E-state index in [1.165, 1.54) is 17.1 Å². The van der Waals surface area contributed by atoms with E-state index < -0.39 is 16.1 Å². The summed E-state index contributed by atoms with van der Waals surface area (Å²) in [5.41, 5.74) is 1.63. The largest absolute Gasteiger partial charge is 0.387 e. The van der Waals surface area contributed by atoms with Gasteiger partial charge in [0.1, 0.15) is 4.90 Å². The Hall–Kier alpha value is -1.70. The standard InChI is InChI=1S/C13H17N3O3S/c1-10-5-3-4-6-12(10)13(17)8-15-20(18,19)11-7-14-16(2)9-11/h3-7,9,13,15,17H,8H2,1-2H3. The molecular formula is C13H17N3O3S. The number of nitrogens with zero attached hydrogens (tertiary/aromatic N) is 2. The van der Waals surface area contributed by atoms with Crippen LogP contribution in [-0.2, 0) is 17.1 Å². The van der Waals surface area contributed by atoms with Crippen LogP contribution in [0, 0.1) is 6.92 Å². The third-order valence-corrected chi connectivity index (χ3v) is 4.38. The lowest BCUT2D eigenvalue weighted by atomic mass is 10.0. The number of aliphatic hydroxyl groups excluding tert-OH is 1. The molecule has 2 aromatic rings. The maximum atomic E-state index is 12.0. The highest BCUT2D eigenvalue weighted by molar-refractivity contribution is 7.89. The van der Waals surface area contributed by atoms with E-state index in [2.05, 4.69) is 9.82 Å². The molecule has 0 bridgehead atoms. The van der Waals surface area contributed by atoms with E-state index in [4.69, 9.17) is 0 Å². The van der Waals surface area contributed by atoms with Gasteiger partial charge in [-0.1, -0.05) is 24.3 Å². The second kappa shape index (κ2) is 5.74. The van der Waals surface area contributed by atoms with Gasteiger partial charge >= 0.3 is 0 Å². The second-order valence-electron chi connectivity index (χ2n) is 4.57. The van der Waals surface area contributed by atoms with Gasteiger partial charge in [0.05, 0.1) is 12.3 Å². The van der Waals surface area contributed by atoms with Crippen LogP contribution in [0.4, 0.5) is 0 Å². The van der Waals surface area contributed by atoms with Crippen LogP contribution in [0.2, 0.25) is 0 Å². The van der Waals surface area contributed by atoms with Crippen LogP contribution in [0.25, 0.3) is 0 Å². The Morgan fingerprint density at radius 1 is 1.40 bits per heavy atom. The van der Waals surface area contributed by atoms with Gasteiger partial charge in [-0.2, -0.15) is 5.10 Å². The highest BCUT2D eigenvalue weighted by atomic mass is 32.2. The summed E-state index contributed by atoms with van der Waals surface area (Å²) in [5, 5.41) is 13.9. The van der Waals surface area contributed by atoms with Gasteiger partial charge in [-0.05, 0) is 18.1 Å². The summed E-state index contributed by atoms with van der Waals surface area (Å²) in [5.74, 6) is 0. The van der Waals surface area contributed by atoms with E-state index in [0.29, 0.717) is 5.56 Å². The molecule has 0 spiro atoms. The van der Waals surface area contributed by atoms with E-state index >= 15 is 0 Å². The van der Waals surface area contributed by atoms with Gasteiger partial charge in [-0.25, -0.2) is 13.1 Å². The monoisotopic (exact) mass is 295 g/mol. The summed E-state index contributed by atoms with van der Waals surface area (Å²) < 4.78 is 27.8. The fraction of sp³-hybridized carbons (Fsp3) is 0.308. The molecule has 1 heterocycles. The summed E-state index contributed by atoms with van der Waals surface area (Å²) in [6.07, 6.45) is 1.79. The molecule has 1 unspecified atom stereocenters. The zero-order chi connectivity index (χ0) is 14.8. The van der Waals surface area contributed by atoms with Gasteiger partial charge in [0.15, 0.2) is 0 Å². The quantitative estimate of drug-likeness (QED) is 0.852. The molecule has 20 heavy (non-hydrogen) atoms.